The second-order valence-electron chi connectivity index (χ2n) is 5.82. The van der Waals surface area contributed by atoms with E-state index in [2.05, 4.69) is 27.8 Å². The first-order chi connectivity index (χ1) is 10.7. The molecule has 0 spiro atoms. The van der Waals surface area contributed by atoms with E-state index in [1.165, 1.54) is 18.4 Å². The van der Waals surface area contributed by atoms with Gasteiger partial charge in [-0.15, -0.1) is 11.3 Å². The Kier molecular flexibility index (Phi) is 4.73. The van der Waals surface area contributed by atoms with Crippen LogP contribution in [0.15, 0.2) is 35.8 Å². The van der Waals surface area contributed by atoms with Gasteiger partial charge in [0.1, 0.15) is 0 Å². The van der Waals surface area contributed by atoms with Gasteiger partial charge in [-0.25, -0.2) is 9.78 Å². The molecule has 0 bridgehead atoms. The van der Waals surface area contributed by atoms with Crippen molar-refractivity contribution in [1.29, 1.82) is 0 Å². The van der Waals surface area contributed by atoms with E-state index in [0.717, 1.165) is 17.0 Å². The summed E-state index contributed by atoms with van der Waals surface area (Å²) in [5.74, 6) is 0.621. The molecule has 0 saturated heterocycles. The normalized spacial score (nSPS) is 15.3. The van der Waals surface area contributed by atoms with Gasteiger partial charge in [0.2, 0.25) is 0 Å². The quantitative estimate of drug-likeness (QED) is 0.859. The van der Waals surface area contributed by atoms with E-state index in [1.54, 1.807) is 11.3 Å². The fourth-order valence-electron chi connectivity index (χ4n) is 2.58. The molecule has 2 amide bonds. The molecule has 22 heavy (non-hydrogen) atoms. The molecule has 1 aliphatic rings. The van der Waals surface area contributed by atoms with Gasteiger partial charge in [0.15, 0.2) is 0 Å². The maximum Gasteiger partial charge on any atom is 0.315 e. The molecule has 0 aliphatic heterocycles. The van der Waals surface area contributed by atoms with E-state index in [1.807, 2.05) is 30.6 Å². The summed E-state index contributed by atoms with van der Waals surface area (Å²) in [6.07, 6.45) is 3.33. The van der Waals surface area contributed by atoms with Gasteiger partial charge in [0.25, 0.3) is 0 Å². The summed E-state index contributed by atoms with van der Waals surface area (Å²) in [7, 11) is 0. The third-order valence-electron chi connectivity index (χ3n) is 4.06. The maximum absolute atomic E-state index is 12.1. The molecule has 3 rings (SSSR count). The standard InChI is InChI=1S/C17H21N3OS/c1-12-16(22-11-19-12)10-18-17(21)20-15(14-7-8-14)9-13-5-3-2-4-6-13/h2-6,11,14-15H,7-10H2,1H3,(H2,18,20,21)/t15-/m1/s1. The number of aromatic nitrogens is 1. The topological polar surface area (TPSA) is 54.0 Å². The Labute approximate surface area is 135 Å². The number of benzene rings is 1. The average molecular weight is 315 g/mol. The highest BCUT2D eigenvalue weighted by atomic mass is 32.1. The molecule has 2 aromatic rings. The molecule has 2 N–H and O–H groups in total. The van der Waals surface area contributed by atoms with Gasteiger partial charge in [-0.3, -0.25) is 0 Å². The van der Waals surface area contributed by atoms with E-state index in [9.17, 15) is 4.79 Å². The van der Waals surface area contributed by atoms with Crippen molar-refractivity contribution in [2.75, 3.05) is 0 Å². The Morgan fingerprint density at radius 1 is 1.36 bits per heavy atom. The van der Waals surface area contributed by atoms with Crippen LogP contribution < -0.4 is 10.6 Å². The van der Waals surface area contributed by atoms with Crippen molar-refractivity contribution in [2.24, 2.45) is 5.92 Å². The van der Waals surface area contributed by atoms with Crippen molar-refractivity contribution < 1.29 is 4.79 Å². The number of aryl methyl sites for hydroxylation is 1. The van der Waals surface area contributed by atoms with Crippen LogP contribution in [0.3, 0.4) is 0 Å². The Bertz CT molecular complexity index is 622. The van der Waals surface area contributed by atoms with Crippen LogP contribution in [0.1, 0.15) is 29.0 Å². The van der Waals surface area contributed by atoms with Gasteiger partial charge in [-0.1, -0.05) is 30.3 Å². The number of amides is 2. The lowest BCUT2D eigenvalue weighted by Crippen LogP contribution is -2.43. The van der Waals surface area contributed by atoms with Crippen LogP contribution in [0.25, 0.3) is 0 Å². The van der Waals surface area contributed by atoms with Gasteiger partial charge < -0.3 is 10.6 Å². The molecular formula is C17H21N3OS. The number of rotatable bonds is 6. The molecule has 1 atom stereocenters. The lowest BCUT2D eigenvalue weighted by Gasteiger charge is -2.19. The predicted octanol–water partition coefficient (Wildman–Crippen LogP) is 3.27. The maximum atomic E-state index is 12.1. The zero-order valence-electron chi connectivity index (χ0n) is 12.7. The van der Waals surface area contributed by atoms with Gasteiger partial charge in [0, 0.05) is 10.9 Å². The van der Waals surface area contributed by atoms with Crippen LogP contribution in [-0.2, 0) is 13.0 Å². The van der Waals surface area contributed by atoms with Gasteiger partial charge in [0.05, 0.1) is 17.7 Å². The second kappa shape index (κ2) is 6.92. The minimum Gasteiger partial charge on any atom is -0.335 e. The van der Waals surface area contributed by atoms with Gasteiger partial charge >= 0.3 is 6.03 Å². The zero-order valence-corrected chi connectivity index (χ0v) is 13.5. The molecule has 1 aromatic heterocycles. The Morgan fingerprint density at radius 2 is 2.14 bits per heavy atom. The summed E-state index contributed by atoms with van der Waals surface area (Å²) in [4.78, 5) is 17.5. The van der Waals surface area contributed by atoms with Crippen LogP contribution >= 0.6 is 11.3 Å². The molecule has 0 radical (unpaired) electrons. The van der Waals surface area contributed by atoms with Crippen molar-refractivity contribution in [3.63, 3.8) is 0 Å². The SMILES string of the molecule is Cc1ncsc1CNC(=O)N[C@H](Cc1ccccc1)C1CC1. The lowest BCUT2D eigenvalue weighted by molar-refractivity contribution is 0.235. The molecule has 0 unspecified atom stereocenters. The van der Waals surface area contributed by atoms with Gasteiger partial charge in [-0.05, 0) is 37.7 Å². The largest absolute Gasteiger partial charge is 0.335 e. The van der Waals surface area contributed by atoms with Crippen LogP contribution in [-0.4, -0.2) is 17.1 Å². The van der Waals surface area contributed by atoms with Crippen LogP contribution in [0, 0.1) is 12.8 Å². The number of thiazole rings is 1. The van der Waals surface area contributed by atoms with Crippen LogP contribution in [0.5, 0.6) is 0 Å². The summed E-state index contributed by atoms with van der Waals surface area (Å²) in [6.45, 7) is 2.51. The molecular weight excluding hydrogens is 294 g/mol. The summed E-state index contributed by atoms with van der Waals surface area (Å²) in [5.41, 5.74) is 4.08. The predicted molar refractivity (Wildman–Crippen MR) is 88.9 cm³/mol. The molecule has 1 saturated carbocycles. The number of carbonyl (C=O) groups excluding carboxylic acids is 1. The van der Waals surface area contributed by atoms with Crippen molar-refractivity contribution in [3.8, 4) is 0 Å². The summed E-state index contributed by atoms with van der Waals surface area (Å²) in [6, 6.07) is 10.5. The number of hydrogen-bond acceptors (Lipinski definition) is 3. The van der Waals surface area contributed by atoms with E-state index in [0.29, 0.717) is 12.5 Å². The fraction of sp³-hybridized carbons (Fsp3) is 0.412. The van der Waals surface area contributed by atoms with Crippen LogP contribution in [0.2, 0.25) is 0 Å². The molecule has 5 heteroatoms. The average Bonchev–Trinajstić information content (AvgIpc) is 3.29. The molecule has 1 heterocycles. The third kappa shape index (κ3) is 4.07. The highest BCUT2D eigenvalue weighted by Crippen LogP contribution is 2.34. The molecule has 1 aliphatic carbocycles. The fourth-order valence-corrected chi connectivity index (χ4v) is 3.29. The highest BCUT2D eigenvalue weighted by Gasteiger charge is 2.32. The molecule has 1 aromatic carbocycles. The summed E-state index contributed by atoms with van der Waals surface area (Å²) < 4.78 is 0. The number of nitrogens with one attached hydrogen (secondary N) is 2. The third-order valence-corrected chi connectivity index (χ3v) is 5.00. The van der Waals surface area contributed by atoms with E-state index >= 15 is 0 Å². The summed E-state index contributed by atoms with van der Waals surface area (Å²) >= 11 is 1.58. The van der Waals surface area contributed by atoms with Crippen molar-refractivity contribution in [2.45, 2.75) is 38.8 Å². The van der Waals surface area contributed by atoms with Crippen molar-refractivity contribution in [3.05, 3.63) is 52.0 Å². The first-order valence-corrected chi connectivity index (χ1v) is 8.57. The number of hydrogen-bond donors (Lipinski definition) is 2. The van der Waals surface area contributed by atoms with E-state index < -0.39 is 0 Å². The van der Waals surface area contributed by atoms with Crippen molar-refractivity contribution >= 4 is 17.4 Å². The van der Waals surface area contributed by atoms with E-state index in [-0.39, 0.29) is 12.1 Å². The second-order valence-corrected chi connectivity index (χ2v) is 6.76. The number of urea groups is 1. The molecule has 1 fully saturated rings. The van der Waals surface area contributed by atoms with Gasteiger partial charge in [-0.2, -0.15) is 0 Å². The highest BCUT2D eigenvalue weighted by molar-refractivity contribution is 7.09. The minimum atomic E-state index is -0.0827. The zero-order chi connectivity index (χ0) is 15.4. The molecule has 4 nitrogen and oxygen atoms in total. The first kappa shape index (κ1) is 15.0. The monoisotopic (exact) mass is 315 g/mol. The first-order valence-electron chi connectivity index (χ1n) is 7.69. The Hall–Kier alpha value is -1.88. The van der Waals surface area contributed by atoms with Crippen LogP contribution in [0.4, 0.5) is 4.79 Å². The van der Waals surface area contributed by atoms with E-state index in [4.69, 9.17) is 0 Å². The number of nitrogens with zero attached hydrogens (tertiary/aromatic N) is 1. The Balaban J connectivity index is 1.52. The lowest BCUT2D eigenvalue weighted by atomic mass is 10.0. The number of carbonyl (C=O) groups is 1. The Morgan fingerprint density at radius 3 is 2.77 bits per heavy atom. The summed E-state index contributed by atoms with van der Waals surface area (Å²) in [5, 5.41) is 6.09. The molecule has 116 valence electrons. The van der Waals surface area contributed by atoms with Crippen molar-refractivity contribution in [1.82, 2.24) is 15.6 Å². The minimum absolute atomic E-state index is 0.0827. The smallest absolute Gasteiger partial charge is 0.315 e.